The minimum absolute atomic E-state index is 0.0767. The van der Waals surface area contributed by atoms with Gasteiger partial charge in [-0.1, -0.05) is 31.5 Å². The molecule has 1 amide bonds. The summed E-state index contributed by atoms with van der Waals surface area (Å²) >= 11 is 5.98. The average molecular weight is 636 g/mol. The molecule has 0 atom stereocenters. The van der Waals surface area contributed by atoms with E-state index in [9.17, 15) is 45.8 Å². The molecule has 2 fully saturated rings. The molecule has 1 aromatic heterocycles. The van der Waals surface area contributed by atoms with Crippen molar-refractivity contribution in [3.63, 3.8) is 0 Å². The van der Waals surface area contributed by atoms with Crippen LogP contribution in [0.5, 0.6) is 0 Å². The van der Waals surface area contributed by atoms with Gasteiger partial charge in [-0.15, -0.1) is 0 Å². The number of aliphatic carboxylic acids is 1. The van der Waals surface area contributed by atoms with Gasteiger partial charge in [-0.25, -0.2) is 0 Å². The summed E-state index contributed by atoms with van der Waals surface area (Å²) in [6.45, 7) is 4.37. The molecule has 0 saturated heterocycles. The molecule has 14 heteroatoms. The number of carbonyl (C=O) groups excluding carboxylic acids is 2. The third kappa shape index (κ3) is 6.86. The number of carbonyl (C=O) groups is 3. The normalized spacial score (nSPS) is 22.6. The van der Waals surface area contributed by atoms with Crippen LogP contribution in [0.3, 0.4) is 0 Å². The SMILES string of the molecule is CC1(C)CC(CN(CC(=O)c2c(Cl)cccc2C(F)(F)F)C(=O)c2cnn([C@H]3CC[C@](C)(C(=O)O)CC3)c2C(F)(F)F)C1. The van der Waals surface area contributed by atoms with E-state index in [0.717, 1.165) is 23.2 Å². The van der Waals surface area contributed by atoms with Crippen LogP contribution in [0.1, 0.15) is 97.3 Å². The molecule has 43 heavy (non-hydrogen) atoms. The first kappa shape index (κ1) is 32.8. The number of nitrogens with zero attached hydrogens (tertiary/aromatic N) is 3. The summed E-state index contributed by atoms with van der Waals surface area (Å²) < 4.78 is 85.2. The Morgan fingerprint density at radius 2 is 1.65 bits per heavy atom. The monoisotopic (exact) mass is 635 g/mol. The van der Waals surface area contributed by atoms with E-state index in [1.54, 1.807) is 0 Å². The van der Waals surface area contributed by atoms with E-state index in [4.69, 9.17) is 11.6 Å². The third-order valence-corrected chi connectivity index (χ3v) is 8.91. The predicted molar refractivity (Wildman–Crippen MR) is 144 cm³/mol. The summed E-state index contributed by atoms with van der Waals surface area (Å²) in [5, 5.41) is 12.9. The summed E-state index contributed by atoms with van der Waals surface area (Å²) in [5.74, 6) is -3.59. The van der Waals surface area contributed by atoms with Crippen molar-refractivity contribution in [1.29, 1.82) is 0 Å². The molecule has 1 aromatic carbocycles. The first-order valence-corrected chi connectivity index (χ1v) is 14.2. The van der Waals surface area contributed by atoms with E-state index in [1.807, 2.05) is 13.8 Å². The van der Waals surface area contributed by atoms with Crippen molar-refractivity contribution < 1.29 is 45.8 Å². The summed E-state index contributed by atoms with van der Waals surface area (Å²) in [4.78, 5) is 39.5. The molecule has 2 saturated carbocycles. The smallest absolute Gasteiger partial charge is 0.433 e. The molecule has 236 valence electrons. The Bertz CT molecular complexity index is 1400. The van der Waals surface area contributed by atoms with Crippen LogP contribution in [0.2, 0.25) is 5.02 Å². The molecule has 1 heterocycles. The van der Waals surface area contributed by atoms with Gasteiger partial charge in [0.15, 0.2) is 11.5 Å². The minimum Gasteiger partial charge on any atom is -0.481 e. The van der Waals surface area contributed by atoms with E-state index in [0.29, 0.717) is 23.6 Å². The predicted octanol–water partition coefficient (Wildman–Crippen LogP) is 7.54. The maximum Gasteiger partial charge on any atom is 0.433 e. The average Bonchev–Trinajstić information content (AvgIpc) is 3.32. The van der Waals surface area contributed by atoms with Crippen LogP contribution in [0.25, 0.3) is 0 Å². The Kier molecular flexibility index (Phi) is 8.73. The van der Waals surface area contributed by atoms with E-state index in [-0.39, 0.29) is 43.6 Å². The van der Waals surface area contributed by atoms with Crippen molar-refractivity contribution in [2.75, 3.05) is 13.1 Å². The number of carboxylic acid groups (broad SMARTS) is 1. The number of alkyl halides is 6. The van der Waals surface area contributed by atoms with Gasteiger partial charge in [0.05, 0.1) is 45.9 Å². The lowest BCUT2D eigenvalue weighted by Gasteiger charge is -2.44. The second-order valence-corrected chi connectivity index (χ2v) is 13.1. The molecule has 7 nitrogen and oxygen atoms in total. The van der Waals surface area contributed by atoms with E-state index in [2.05, 4.69) is 5.10 Å². The molecule has 2 aliphatic rings. The molecule has 0 radical (unpaired) electrons. The van der Waals surface area contributed by atoms with Crippen LogP contribution >= 0.6 is 11.6 Å². The van der Waals surface area contributed by atoms with Crippen LogP contribution in [0, 0.1) is 16.7 Å². The van der Waals surface area contributed by atoms with Gasteiger partial charge in [-0.2, -0.15) is 31.4 Å². The number of benzene rings is 1. The van der Waals surface area contributed by atoms with Crippen molar-refractivity contribution in [2.24, 2.45) is 16.7 Å². The zero-order chi connectivity index (χ0) is 32.1. The van der Waals surface area contributed by atoms with Gasteiger partial charge in [0.25, 0.3) is 5.91 Å². The standard InChI is InChI=1S/C29H32ClF6N3O4/c1-26(2)11-16(12-26)14-38(15-21(40)22-19(28(31,32)33)5-4-6-20(22)30)24(41)18-13-37-39(23(18)29(34,35)36)17-7-9-27(3,10-8-17)25(42)43/h4-6,13,16-17H,7-12,14-15H2,1-3H3,(H,42,43)/t17-,27-. The van der Waals surface area contributed by atoms with Gasteiger partial charge in [0, 0.05) is 6.54 Å². The quantitative estimate of drug-likeness (QED) is 0.239. The molecule has 1 N–H and O–H groups in total. The first-order chi connectivity index (χ1) is 19.7. The topological polar surface area (TPSA) is 92.5 Å². The molecule has 2 aliphatic carbocycles. The molecule has 4 rings (SSSR count). The van der Waals surface area contributed by atoms with Crippen molar-refractivity contribution >= 4 is 29.3 Å². The maximum absolute atomic E-state index is 14.5. The Balaban J connectivity index is 1.69. The molecule has 0 spiro atoms. The van der Waals surface area contributed by atoms with Crippen molar-refractivity contribution in [2.45, 2.75) is 77.7 Å². The Hall–Kier alpha value is -3.09. The number of amides is 1. The second-order valence-electron chi connectivity index (χ2n) is 12.7. The first-order valence-electron chi connectivity index (χ1n) is 13.8. The lowest BCUT2D eigenvalue weighted by molar-refractivity contribution is -0.152. The lowest BCUT2D eigenvalue weighted by atomic mass is 9.64. The number of Topliss-reactive ketones (excluding diaryl/α,β-unsaturated/α-hetero) is 1. The van der Waals surface area contributed by atoms with E-state index < -0.39 is 75.4 Å². The Morgan fingerprint density at radius 1 is 1.05 bits per heavy atom. The fraction of sp³-hybridized carbons (Fsp3) is 0.586. The second kappa shape index (κ2) is 11.4. The van der Waals surface area contributed by atoms with Crippen LogP contribution < -0.4 is 0 Å². The van der Waals surface area contributed by atoms with Gasteiger partial charge in [-0.3, -0.25) is 19.1 Å². The van der Waals surface area contributed by atoms with Crippen LogP contribution in [-0.4, -0.2) is 50.5 Å². The number of aromatic nitrogens is 2. The van der Waals surface area contributed by atoms with Gasteiger partial charge < -0.3 is 10.0 Å². The summed E-state index contributed by atoms with van der Waals surface area (Å²) in [7, 11) is 0. The largest absolute Gasteiger partial charge is 0.481 e. The molecule has 2 aromatic rings. The van der Waals surface area contributed by atoms with Crippen molar-refractivity contribution in [3.8, 4) is 0 Å². The molecule has 0 bridgehead atoms. The molecule has 0 unspecified atom stereocenters. The zero-order valence-electron chi connectivity index (χ0n) is 23.8. The highest BCUT2D eigenvalue weighted by molar-refractivity contribution is 6.34. The highest BCUT2D eigenvalue weighted by Crippen LogP contribution is 2.46. The number of rotatable bonds is 8. The Morgan fingerprint density at radius 3 is 2.16 bits per heavy atom. The van der Waals surface area contributed by atoms with Gasteiger partial charge >= 0.3 is 18.3 Å². The fourth-order valence-electron chi connectivity index (χ4n) is 6.41. The van der Waals surface area contributed by atoms with Crippen LogP contribution in [0.15, 0.2) is 24.4 Å². The number of carboxylic acids is 1. The number of halogens is 7. The van der Waals surface area contributed by atoms with Gasteiger partial charge in [-0.05, 0) is 68.9 Å². The summed E-state index contributed by atoms with van der Waals surface area (Å²) in [6, 6.07) is 1.96. The highest BCUT2D eigenvalue weighted by atomic mass is 35.5. The number of ketones is 1. The summed E-state index contributed by atoms with van der Waals surface area (Å²) in [6.07, 6.45) is -7.67. The molecule has 0 aliphatic heterocycles. The minimum atomic E-state index is -5.05. The number of hydrogen-bond donors (Lipinski definition) is 1. The Labute approximate surface area is 249 Å². The molecular formula is C29H32ClF6N3O4. The van der Waals surface area contributed by atoms with Crippen LogP contribution in [0.4, 0.5) is 26.3 Å². The summed E-state index contributed by atoms with van der Waals surface area (Å²) in [5.41, 5.74) is -5.54. The fourth-order valence-corrected chi connectivity index (χ4v) is 6.69. The van der Waals surface area contributed by atoms with Crippen molar-refractivity contribution in [3.05, 3.63) is 51.8 Å². The van der Waals surface area contributed by atoms with Crippen LogP contribution in [-0.2, 0) is 17.1 Å². The van der Waals surface area contributed by atoms with Gasteiger partial charge in [0.1, 0.15) is 0 Å². The third-order valence-electron chi connectivity index (χ3n) is 8.60. The van der Waals surface area contributed by atoms with Crippen molar-refractivity contribution in [1.82, 2.24) is 14.7 Å². The maximum atomic E-state index is 14.5. The molecular weight excluding hydrogens is 604 g/mol. The number of hydrogen-bond acceptors (Lipinski definition) is 4. The lowest BCUT2D eigenvalue weighted by Crippen LogP contribution is -2.45. The van der Waals surface area contributed by atoms with E-state index >= 15 is 0 Å². The van der Waals surface area contributed by atoms with Gasteiger partial charge in [0.2, 0.25) is 0 Å². The highest BCUT2D eigenvalue weighted by Gasteiger charge is 2.46. The zero-order valence-corrected chi connectivity index (χ0v) is 24.5. The van der Waals surface area contributed by atoms with E-state index in [1.165, 1.54) is 6.92 Å².